The van der Waals surface area contributed by atoms with E-state index in [-0.39, 0.29) is 12.4 Å². The Hall–Kier alpha value is -2.93. The lowest BCUT2D eigenvalue weighted by molar-refractivity contribution is -0.137. The molecule has 1 amide bonds. The standard InChI is InChI=1S/C18H20N2O5/c1-24-9-10-25-16-11-15(7-8-19-16)18(23)20(13-17(21)22)12-14-5-3-2-4-6-14/h2-8,11H,9-10,12-13H2,1H3,(H,21,22). The molecule has 0 saturated heterocycles. The molecule has 0 radical (unpaired) electrons. The van der Waals surface area contributed by atoms with Gasteiger partial charge in [0.25, 0.3) is 5.91 Å². The molecule has 0 unspecified atom stereocenters. The molecular formula is C18H20N2O5. The molecule has 0 saturated carbocycles. The van der Waals surface area contributed by atoms with E-state index >= 15 is 0 Å². The Morgan fingerprint density at radius 1 is 1.16 bits per heavy atom. The van der Waals surface area contributed by atoms with Gasteiger partial charge in [-0.3, -0.25) is 9.59 Å². The van der Waals surface area contributed by atoms with Crippen LogP contribution in [0.15, 0.2) is 48.7 Å². The van der Waals surface area contributed by atoms with Gasteiger partial charge in [0.2, 0.25) is 5.88 Å². The highest BCUT2D eigenvalue weighted by Crippen LogP contribution is 2.14. The molecule has 25 heavy (non-hydrogen) atoms. The van der Waals surface area contributed by atoms with Crippen molar-refractivity contribution in [1.82, 2.24) is 9.88 Å². The third kappa shape index (κ3) is 5.89. The van der Waals surface area contributed by atoms with E-state index in [9.17, 15) is 9.59 Å². The number of hydrogen-bond acceptors (Lipinski definition) is 5. The third-order valence-electron chi connectivity index (χ3n) is 3.35. The summed E-state index contributed by atoms with van der Waals surface area (Å²) in [5.74, 6) is -1.18. The molecule has 7 nitrogen and oxygen atoms in total. The summed E-state index contributed by atoms with van der Waals surface area (Å²) in [7, 11) is 1.56. The van der Waals surface area contributed by atoms with Gasteiger partial charge in [0.05, 0.1) is 6.61 Å². The van der Waals surface area contributed by atoms with Gasteiger partial charge in [0, 0.05) is 31.5 Å². The number of carboxylic acids is 1. The number of benzene rings is 1. The van der Waals surface area contributed by atoms with Crippen molar-refractivity contribution < 1.29 is 24.2 Å². The molecule has 2 aromatic rings. The average Bonchev–Trinajstić information content (AvgIpc) is 2.61. The van der Waals surface area contributed by atoms with E-state index in [1.807, 2.05) is 30.3 Å². The Morgan fingerprint density at radius 2 is 1.92 bits per heavy atom. The van der Waals surface area contributed by atoms with Crippen LogP contribution in [0.5, 0.6) is 5.88 Å². The third-order valence-corrected chi connectivity index (χ3v) is 3.35. The number of aliphatic carboxylic acids is 1. The summed E-state index contributed by atoms with van der Waals surface area (Å²) >= 11 is 0. The van der Waals surface area contributed by atoms with Crippen molar-refractivity contribution >= 4 is 11.9 Å². The summed E-state index contributed by atoms with van der Waals surface area (Å²) in [6, 6.07) is 12.3. The lowest BCUT2D eigenvalue weighted by Gasteiger charge is -2.21. The molecule has 0 aliphatic rings. The predicted molar refractivity (Wildman–Crippen MR) is 90.4 cm³/mol. The number of nitrogens with zero attached hydrogens (tertiary/aromatic N) is 2. The van der Waals surface area contributed by atoms with E-state index in [0.717, 1.165) is 5.56 Å². The second-order valence-electron chi connectivity index (χ2n) is 5.26. The Kier molecular flexibility index (Phi) is 6.91. The zero-order valence-corrected chi connectivity index (χ0v) is 13.9. The monoisotopic (exact) mass is 344 g/mol. The predicted octanol–water partition coefficient (Wildman–Crippen LogP) is 1.83. The Morgan fingerprint density at radius 3 is 2.60 bits per heavy atom. The van der Waals surface area contributed by atoms with Crippen LogP contribution in [-0.4, -0.2) is 53.7 Å². The van der Waals surface area contributed by atoms with E-state index in [0.29, 0.717) is 18.8 Å². The fourth-order valence-corrected chi connectivity index (χ4v) is 2.20. The molecule has 1 N–H and O–H groups in total. The Labute approximate surface area is 145 Å². The molecule has 1 aromatic carbocycles. The van der Waals surface area contributed by atoms with E-state index in [1.54, 1.807) is 7.11 Å². The van der Waals surface area contributed by atoms with Crippen molar-refractivity contribution in [2.24, 2.45) is 0 Å². The highest BCUT2D eigenvalue weighted by Gasteiger charge is 2.19. The van der Waals surface area contributed by atoms with Crippen LogP contribution < -0.4 is 4.74 Å². The van der Waals surface area contributed by atoms with E-state index in [4.69, 9.17) is 14.6 Å². The van der Waals surface area contributed by atoms with Crippen molar-refractivity contribution in [2.45, 2.75) is 6.54 Å². The molecule has 0 bridgehead atoms. The number of hydrogen-bond donors (Lipinski definition) is 1. The molecule has 1 heterocycles. The van der Waals surface area contributed by atoms with Crippen LogP contribution in [0.3, 0.4) is 0 Å². The quantitative estimate of drug-likeness (QED) is 0.698. The molecule has 0 aliphatic carbocycles. The summed E-state index contributed by atoms with van der Waals surface area (Å²) in [5, 5.41) is 9.11. The summed E-state index contributed by atoms with van der Waals surface area (Å²) in [4.78, 5) is 29.2. The number of rotatable bonds is 9. The number of carbonyl (C=O) groups excluding carboxylic acids is 1. The van der Waals surface area contributed by atoms with Crippen LogP contribution in [-0.2, 0) is 16.1 Å². The maximum absolute atomic E-state index is 12.7. The van der Waals surface area contributed by atoms with Crippen molar-refractivity contribution in [3.8, 4) is 5.88 Å². The number of aromatic nitrogens is 1. The van der Waals surface area contributed by atoms with Crippen molar-refractivity contribution in [1.29, 1.82) is 0 Å². The number of ether oxygens (including phenoxy) is 2. The van der Waals surface area contributed by atoms with Gasteiger partial charge in [0.1, 0.15) is 13.2 Å². The normalized spacial score (nSPS) is 10.3. The van der Waals surface area contributed by atoms with Gasteiger partial charge in [-0.25, -0.2) is 4.98 Å². The molecular weight excluding hydrogens is 324 g/mol. The minimum absolute atomic E-state index is 0.203. The first kappa shape index (κ1) is 18.4. The smallest absolute Gasteiger partial charge is 0.323 e. The van der Waals surface area contributed by atoms with Gasteiger partial charge in [-0.2, -0.15) is 0 Å². The number of pyridine rings is 1. The minimum atomic E-state index is -1.07. The topological polar surface area (TPSA) is 89.0 Å². The van der Waals surface area contributed by atoms with Gasteiger partial charge in [-0.15, -0.1) is 0 Å². The van der Waals surface area contributed by atoms with Gasteiger partial charge < -0.3 is 19.5 Å². The minimum Gasteiger partial charge on any atom is -0.480 e. The number of methoxy groups -OCH3 is 1. The second-order valence-corrected chi connectivity index (χ2v) is 5.26. The van der Waals surface area contributed by atoms with Crippen molar-refractivity contribution in [3.05, 3.63) is 59.8 Å². The summed E-state index contributed by atoms with van der Waals surface area (Å²) in [5.41, 5.74) is 1.17. The molecule has 0 atom stereocenters. The maximum Gasteiger partial charge on any atom is 0.323 e. The number of carboxylic acid groups (broad SMARTS) is 1. The van der Waals surface area contributed by atoms with Crippen molar-refractivity contribution in [3.63, 3.8) is 0 Å². The van der Waals surface area contributed by atoms with Crippen molar-refractivity contribution in [2.75, 3.05) is 26.9 Å². The highest BCUT2D eigenvalue weighted by molar-refractivity contribution is 5.96. The molecule has 0 spiro atoms. The van der Waals surface area contributed by atoms with Crippen LogP contribution in [0.4, 0.5) is 0 Å². The lowest BCUT2D eigenvalue weighted by atomic mass is 10.2. The number of carbonyl (C=O) groups is 2. The fourth-order valence-electron chi connectivity index (χ4n) is 2.20. The van der Waals surface area contributed by atoms with Crippen LogP contribution in [0.2, 0.25) is 0 Å². The molecule has 1 aromatic heterocycles. The molecule has 2 rings (SSSR count). The first-order valence-electron chi connectivity index (χ1n) is 7.73. The fraction of sp³-hybridized carbons (Fsp3) is 0.278. The largest absolute Gasteiger partial charge is 0.480 e. The van der Waals surface area contributed by atoms with Crippen LogP contribution >= 0.6 is 0 Å². The van der Waals surface area contributed by atoms with E-state index < -0.39 is 18.4 Å². The van der Waals surface area contributed by atoms with Crippen LogP contribution in [0.1, 0.15) is 15.9 Å². The maximum atomic E-state index is 12.7. The first-order valence-corrected chi connectivity index (χ1v) is 7.73. The van der Waals surface area contributed by atoms with Gasteiger partial charge in [0.15, 0.2) is 0 Å². The lowest BCUT2D eigenvalue weighted by Crippen LogP contribution is -2.35. The van der Waals surface area contributed by atoms with Gasteiger partial charge in [-0.05, 0) is 11.6 Å². The zero-order valence-electron chi connectivity index (χ0n) is 13.9. The zero-order chi connectivity index (χ0) is 18.1. The summed E-state index contributed by atoms with van der Waals surface area (Å²) in [6.07, 6.45) is 1.46. The Balaban J connectivity index is 2.15. The van der Waals surface area contributed by atoms with Gasteiger partial charge in [-0.1, -0.05) is 30.3 Å². The molecule has 0 fully saturated rings. The van der Waals surface area contributed by atoms with E-state index in [1.165, 1.54) is 23.2 Å². The molecule has 7 heteroatoms. The van der Waals surface area contributed by atoms with E-state index in [2.05, 4.69) is 4.98 Å². The SMILES string of the molecule is COCCOc1cc(C(=O)N(CC(=O)O)Cc2ccccc2)ccn1. The van der Waals surface area contributed by atoms with Crippen LogP contribution in [0.25, 0.3) is 0 Å². The molecule has 0 aliphatic heterocycles. The van der Waals surface area contributed by atoms with Crippen LogP contribution in [0, 0.1) is 0 Å². The summed E-state index contributed by atoms with van der Waals surface area (Å²) < 4.78 is 10.3. The summed E-state index contributed by atoms with van der Waals surface area (Å²) in [6.45, 7) is 0.521. The second kappa shape index (κ2) is 9.39. The number of amides is 1. The highest BCUT2D eigenvalue weighted by atomic mass is 16.5. The molecule has 132 valence electrons. The Bertz CT molecular complexity index is 706. The first-order chi connectivity index (χ1) is 12.1. The average molecular weight is 344 g/mol. The van der Waals surface area contributed by atoms with Gasteiger partial charge >= 0.3 is 5.97 Å².